The van der Waals surface area contributed by atoms with E-state index in [1.165, 1.54) is 0 Å². The second-order valence-electron chi connectivity index (χ2n) is 3.89. The van der Waals surface area contributed by atoms with E-state index in [4.69, 9.17) is 5.73 Å². The van der Waals surface area contributed by atoms with Gasteiger partial charge >= 0.3 is 0 Å². The third kappa shape index (κ3) is 2.57. The van der Waals surface area contributed by atoms with Crippen LogP contribution in [0.2, 0.25) is 0 Å². The topological polar surface area (TPSA) is 82.9 Å². The van der Waals surface area contributed by atoms with Crippen LogP contribution >= 0.6 is 0 Å². The van der Waals surface area contributed by atoms with Gasteiger partial charge in [-0.05, 0) is 31.3 Å². The van der Waals surface area contributed by atoms with Crippen LogP contribution in [0.4, 0.5) is 5.69 Å². The van der Waals surface area contributed by atoms with E-state index in [1.54, 1.807) is 6.07 Å². The highest BCUT2D eigenvalue weighted by Gasteiger charge is 2.08. The molecule has 0 saturated heterocycles. The van der Waals surface area contributed by atoms with Gasteiger partial charge in [-0.1, -0.05) is 0 Å². The van der Waals surface area contributed by atoms with E-state index in [2.05, 4.69) is 15.6 Å². The van der Waals surface area contributed by atoms with Crippen LogP contribution in [0.25, 0.3) is 10.9 Å². The SMILES string of the molecule is CNCCNC(=O)c1cc2cc(N)ccc2[nH]1. The second kappa shape index (κ2) is 4.88. The summed E-state index contributed by atoms with van der Waals surface area (Å²) in [6.45, 7) is 1.35. The number of rotatable bonds is 4. The van der Waals surface area contributed by atoms with Crippen LogP contribution in [0.3, 0.4) is 0 Å². The largest absolute Gasteiger partial charge is 0.399 e. The molecule has 5 heteroatoms. The van der Waals surface area contributed by atoms with E-state index < -0.39 is 0 Å². The minimum atomic E-state index is -0.102. The summed E-state index contributed by atoms with van der Waals surface area (Å²) >= 11 is 0. The number of nitrogens with one attached hydrogen (secondary N) is 3. The molecular weight excluding hydrogens is 216 g/mol. The smallest absolute Gasteiger partial charge is 0.267 e. The van der Waals surface area contributed by atoms with Gasteiger partial charge in [0.25, 0.3) is 5.91 Å². The Balaban J connectivity index is 2.15. The van der Waals surface area contributed by atoms with Crippen molar-refractivity contribution in [3.05, 3.63) is 30.0 Å². The average molecular weight is 232 g/mol. The zero-order valence-corrected chi connectivity index (χ0v) is 9.71. The minimum absolute atomic E-state index is 0.102. The van der Waals surface area contributed by atoms with Gasteiger partial charge in [-0.3, -0.25) is 4.79 Å². The normalized spacial score (nSPS) is 10.6. The molecule has 0 fully saturated rings. The highest BCUT2D eigenvalue weighted by atomic mass is 16.1. The molecule has 17 heavy (non-hydrogen) atoms. The van der Waals surface area contributed by atoms with Gasteiger partial charge in [-0.25, -0.2) is 0 Å². The fourth-order valence-corrected chi connectivity index (χ4v) is 1.67. The fraction of sp³-hybridized carbons (Fsp3) is 0.250. The lowest BCUT2D eigenvalue weighted by Gasteiger charge is -2.01. The van der Waals surface area contributed by atoms with E-state index in [9.17, 15) is 4.79 Å². The molecule has 1 amide bonds. The number of carbonyl (C=O) groups excluding carboxylic acids is 1. The van der Waals surface area contributed by atoms with Gasteiger partial charge in [0.2, 0.25) is 0 Å². The number of anilines is 1. The van der Waals surface area contributed by atoms with Gasteiger partial charge in [0.05, 0.1) is 0 Å². The Morgan fingerprint density at radius 2 is 2.18 bits per heavy atom. The van der Waals surface area contributed by atoms with Crippen molar-refractivity contribution in [3.8, 4) is 0 Å². The number of nitrogen functional groups attached to an aromatic ring is 1. The number of carbonyl (C=O) groups is 1. The van der Waals surface area contributed by atoms with Crippen molar-refractivity contribution in [1.82, 2.24) is 15.6 Å². The number of benzene rings is 1. The number of aromatic amines is 1. The van der Waals surface area contributed by atoms with Gasteiger partial charge in [-0.15, -0.1) is 0 Å². The van der Waals surface area contributed by atoms with Crippen LogP contribution in [0, 0.1) is 0 Å². The van der Waals surface area contributed by atoms with Crippen molar-refractivity contribution in [2.24, 2.45) is 0 Å². The van der Waals surface area contributed by atoms with Crippen molar-refractivity contribution >= 4 is 22.5 Å². The van der Waals surface area contributed by atoms with Crippen molar-refractivity contribution in [2.75, 3.05) is 25.9 Å². The molecule has 0 bridgehead atoms. The molecule has 90 valence electrons. The highest BCUT2D eigenvalue weighted by Crippen LogP contribution is 2.18. The summed E-state index contributed by atoms with van der Waals surface area (Å²) in [5.41, 5.74) is 7.85. The number of amides is 1. The van der Waals surface area contributed by atoms with E-state index in [-0.39, 0.29) is 5.91 Å². The molecule has 0 saturated carbocycles. The van der Waals surface area contributed by atoms with E-state index in [0.29, 0.717) is 17.9 Å². The maximum atomic E-state index is 11.8. The van der Waals surface area contributed by atoms with Crippen molar-refractivity contribution in [3.63, 3.8) is 0 Å². The summed E-state index contributed by atoms with van der Waals surface area (Å²) in [4.78, 5) is 14.8. The van der Waals surface area contributed by atoms with E-state index in [0.717, 1.165) is 17.4 Å². The van der Waals surface area contributed by atoms with Gasteiger partial charge < -0.3 is 21.4 Å². The molecule has 2 aromatic rings. The lowest BCUT2D eigenvalue weighted by atomic mass is 10.2. The molecule has 0 aliphatic heterocycles. The van der Waals surface area contributed by atoms with E-state index >= 15 is 0 Å². The first-order chi connectivity index (χ1) is 8.20. The van der Waals surface area contributed by atoms with Gasteiger partial charge in [0.1, 0.15) is 5.69 Å². The Morgan fingerprint density at radius 1 is 1.35 bits per heavy atom. The highest BCUT2D eigenvalue weighted by molar-refractivity contribution is 5.98. The van der Waals surface area contributed by atoms with Crippen LogP contribution in [-0.2, 0) is 0 Å². The Morgan fingerprint density at radius 3 is 2.94 bits per heavy atom. The van der Waals surface area contributed by atoms with Gasteiger partial charge in [-0.2, -0.15) is 0 Å². The number of nitrogens with two attached hydrogens (primary N) is 1. The molecular formula is C12H16N4O. The molecule has 1 heterocycles. The van der Waals surface area contributed by atoms with Crippen molar-refractivity contribution in [1.29, 1.82) is 0 Å². The van der Waals surface area contributed by atoms with E-state index in [1.807, 2.05) is 25.2 Å². The minimum Gasteiger partial charge on any atom is -0.399 e. The third-order valence-corrected chi connectivity index (χ3v) is 2.55. The summed E-state index contributed by atoms with van der Waals surface area (Å²) in [7, 11) is 1.85. The van der Waals surface area contributed by atoms with Gasteiger partial charge in [0, 0.05) is 29.7 Å². The molecule has 0 radical (unpaired) electrons. The molecule has 5 nitrogen and oxygen atoms in total. The first-order valence-corrected chi connectivity index (χ1v) is 5.52. The Bertz CT molecular complexity index is 532. The molecule has 0 aliphatic rings. The molecule has 0 unspecified atom stereocenters. The second-order valence-corrected chi connectivity index (χ2v) is 3.89. The number of hydrogen-bond donors (Lipinski definition) is 4. The number of H-pyrrole nitrogens is 1. The van der Waals surface area contributed by atoms with Crippen molar-refractivity contribution < 1.29 is 4.79 Å². The summed E-state index contributed by atoms with van der Waals surface area (Å²) in [5, 5.41) is 6.73. The summed E-state index contributed by atoms with van der Waals surface area (Å²) < 4.78 is 0. The lowest BCUT2D eigenvalue weighted by Crippen LogP contribution is -2.30. The van der Waals surface area contributed by atoms with Crippen LogP contribution < -0.4 is 16.4 Å². The first-order valence-electron chi connectivity index (χ1n) is 5.52. The van der Waals surface area contributed by atoms with Crippen LogP contribution in [0.1, 0.15) is 10.5 Å². The summed E-state index contributed by atoms with van der Waals surface area (Å²) in [5.74, 6) is -0.102. The van der Waals surface area contributed by atoms with Crippen LogP contribution in [0.5, 0.6) is 0 Å². The quantitative estimate of drug-likeness (QED) is 0.462. The Labute approximate surface area is 99.4 Å². The zero-order valence-electron chi connectivity index (χ0n) is 9.71. The monoisotopic (exact) mass is 232 g/mol. The Kier molecular flexibility index (Phi) is 3.30. The van der Waals surface area contributed by atoms with Gasteiger partial charge in [0.15, 0.2) is 0 Å². The molecule has 2 rings (SSSR count). The maximum Gasteiger partial charge on any atom is 0.267 e. The molecule has 0 atom stereocenters. The third-order valence-electron chi connectivity index (χ3n) is 2.55. The van der Waals surface area contributed by atoms with Crippen LogP contribution in [-0.4, -0.2) is 31.0 Å². The standard InChI is InChI=1S/C12H16N4O/c1-14-4-5-15-12(17)11-7-8-6-9(13)2-3-10(8)16-11/h2-3,6-7,14,16H,4-5,13H2,1H3,(H,15,17). The molecule has 0 spiro atoms. The molecule has 5 N–H and O–H groups in total. The maximum absolute atomic E-state index is 11.8. The first kappa shape index (κ1) is 11.5. The predicted molar refractivity (Wildman–Crippen MR) is 69.0 cm³/mol. The van der Waals surface area contributed by atoms with Crippen LogP contribution in [0.15, 0.2) is 24.3 Å². The lowest BCUT2D eigenvalue weighted by molar-refractivity contribution is 0.0950. The molecule has 0 aliphatic carbocycles. The van der Waals surface area contributed by atoms with Crippen molar-refractivity contribution in [2.45, 2.75) is 0 Å². The summed E-state index contributed by atoms with van der Waals surface area (Å²) in [6.07, 6.45) is 0. The molecule has 1 aromatic heterocycles. The number of hydrogen-bond acceptors (Lipinski definition) is 3. The predicted octanol–water partition coefficient (Wildman–Crippen LogP) is 0.699. The number of fused-ring (bicyclic) bond motifs is 1. The average Bonchev–Trinajstić information content (AvgIpc) is 2.72. The fourth-order valence-electron chi connectivity index (χ4n) is 1.67. The number of likely N-dealkylation sites (N-methyl/N-ethyl adjacent to an activating group) is 1. The number of aromatic nitrogens is 1. The Hall–Kier alpha value is -2.01. The molecule has 1 aromatic carbocycles. The zero-order chi connectivity index (χ0) is 12.3. The summed E-state index contributed by atoms with van der Waals surface area (Å²) in [6, 6.07) is 7.33.